The first-order chi connectivity index (χ1) is 10.9. The Balaban J connectivity index is 1.98. The van der Waals surface area contributed by atoms with Gasteiger partial charge in [0.15, 0.2) is 0 Å². The van der Waals surface area contributed by atoms with E-state index in [0.717, 1.165) is 43.9 Å². The van der Waals surface area contributed by atoms with Crippen molar-refractivity contribution in [1.82, 2.24) is 9.80 Å². The summed E-state index contributed by atoms with van der Waals surface area (Å²) in [6, 6.07) is 5.79. The van der Waals surface area contributed by atoms with Crippen molar-refractivity contribution in [2.24, 2.45) is 11.7 Å². The Bertz CT molecular complexity index is 539. The van der Waals surface area contributed by atoms with Crippen LogP contribution in [-0.4, -0.2) is 55.0 Å². The standard InChI is InChI=1S/C18H28ClN3O/c1-13(2)11-21-6-8-22(9-7-21)12-16(18(20)23)15-5-4-14(3)17(19)10-15/h4-5,10,13,16H,6-9,11-12H2,1-3H3,(H2,20,23)/t16-/m0/s1. The molecule has 4 nitrogen and oxygen atoms in total. The molecule has 0 saturated carbocycles. The lowest BCUT2D eigenvalue weighted by Crippen LogP contribution is -2.49. The summed E-state index contributed by atoms with van der Waals surface area (Å²) in [7, 11) is 0. The summed E-state index contributed by atoms with van der Waals surface area (Å²) in [5, 5.41) is 0.690. The van der Waals surface area contributed by atoms with Crippen LogP contribution in [0.5, 0.6) is 0 Å². The fraction of sp³-hybridized carbons (Fsp3) is 0.611. The van der Waals surface area contributed by atoms with Gasteiger partial charge < -0.3 is 10.6 Å². The summed E-state index contributed by atoms with van der Waals surface area (Å²) >= 11 is 6.20. The number of nitrogens with zero attached hydrogens (tertiary/aromatic N) is 2. The minimum absolute atomic E-state index is 0.283. The largest absolute Gasteiger partial charge is 0.369 e. The molecule has 1 amide bonds. The maximum absolute atomic E-state index is 11.9. The molecule has 1 aliphatic rings. The Morgan fingerprint density at radius 1 is 1.17 bits per heavy atom. The number of aryl methyl sites for hydroxylation is 1. The number of carbonyl (C=O) groups is 1. The van der Waals surface area contributed by atoms with E-state index in [-0.39, 0.29) is 11.8 Å². The Kier molecular flexibility index (Phi) is 6.45. The van der Waals surface area contributed by atoms with Gasteiger partial charge in [-0.15, -0.1) is 0 Å². The molecule has 2 N–H and O–H groups in total. The molecule has 1 aromatic rings. The normalized spacial score (nSPS) is 18.3. The van der Waals surface area contributed by atoms with E-state index < -0.39 is 0 Å². The zero-order valence-electron chi connectivity index (χ0n) is 14.4. The Morgan fingerprint density at radius 2 is 1.74 bits per heavy atom. The van der Waals surface area contributed by atoms with Crippen LogP contribution in [-0.2, 0) is 4.79 Å². The van der Waals surface area contributed by atoms with E-state index in [2.05, 4.69) is 23.6 Å². The van der Waals surface area contributed by atoms with Crippen LogP contribution >= 0.6 is 11.6 Å². The Labute approximate surface area is 144 Å². The molecule has 0 radical (unpaired) electrons. The average molecular weight is 338 g/mol. The first kappa shape index (κ1) is 18.2. The van der Waals surface area contributed by atoms with Crippen molar-refractivity contribution < 1.29 is 4.79 Å². The number of rotatable bonds is 6. The Hall–Kier alpha value is -1.10. The molecule has 0 unspecified atom stereocenters. The molecular formula is C18H28ClN3O. The highest BCUT2D eigenvalue weighted by atomic mass is 35.5. The number of hydrogen-bond acceptors (Lipinski definition) is 3. The summed E-state index contributed by atoms with van der Waals surface area (Å²) in [4.78, 5) is 16.7. The van der Waals surface area contributed by atoms with E-state index in [1.54, 1.807) is 0 Å². The number of piperazine rings is 1. The molecule has 128 valence electrons. The maximum Gasteiger partial charge on any atom is 0.226 e. The number of primary amides is 1. The van der Waals surface area contributed by atoms with Gasteiger partial charge in [-0.3, -0.25) is 9.69 Å². The number of hydrogen-bond donors (Lipinski definition) is 1. The van der Waals surface area contributed by atoms with E-state index in [0.29, 0.717) is 17.5 Å². The fourth-order valence-corrected chi connectivity index (χ4v) is 3.30. The van der Waals surface area contributed by atoms with Crippen molar-refractivity contribution in [1.29, 1.82) is 0 Å². The molecule has 23 heavy (non-hydrogen) atoms. The van der Waals surface area contributed by atoms with Crippen molar-refractivity contribution in [3.05, 3.63) is 34.3 Å². The van der Waals surface area contributed by atoms with Gasteiger partial charge in [-0.05, 0) is 30.0 Å². The van der Waals surface area contributed by atoms with E-state index in [9.17, 15) is 4.79 Å². The van der Waals surface area contributed by atoms with Gasteiger partial charge in [0, 0.05) is 44.3 Å². The molecule has 1 aromatic carbocycles. The van der Waals surface area contributed by atoms with Crippen molar-refractivity contribution in [2.75, 3.05) is 39.3 Å². The van der Waals surface area contributed by atoms with Crippen LogP contribution in [0, 0.1) is 12.8 Å². The molecule has 5 heteroatoms. The van der Waals surface area contributed by atoms with Gasteiger partial charge in [-0.2, -0.15) is 0 Å². The molecule has 1 saturated heterocycles. The minimum atomic E-state index is -0.301. The van der Waals surface area contributed by atoms with Gasteiger partial charge in [0.25, 0.3) is 0 Å². The van der Waals surface area contributed by atoms with Crippen LogP contribution in [0.25, 0.3) is 0 Å². The lowest BCUT2D eigenvalue weighted by molar-refractivity contribution is -0.120. The minimum Gasteiger partial charge on any atom is -0.369 e. The predicted octanol–water partition coefficient (Wildman–Crippen LogP) is 2.49. The van der Waals surface area contributed by atoms with Crippen molar-refractivity contribution in [3.63, 3.8) is 0 Å². The lowest BCUT2D eigenvalue weighted by Gasteiger charge is -2.36. The average Bonchev–Trinajstić information content (AvgIpc) is 2.48. The second kappa shape index (κ2) is 8.13. The van der Waals surface area contributed by atoms with Gasteiger partial charge in [-0.25, -0.2) is 0 Å². The van der Waals surface area contributed by atoms with Crippen molar-refractivity contribution in [3.8, 4) is 0 Å². The smallest absolute Gasteiger partial charge is 0.226 e. The highest BCUT2D eigenvalue weighted by molar-refractivity contribution is 6.31. The first-order valence-corrected chi connectivity index (χ1v) is 8.74. The highest BCUT2D eigenvalue weighted by Gasteiger charge is 2.25. The molecule has 1 atom stereocenters. The van der Waals surface area contributed by atoms with E-state index in [4.69, 9.17) is 17.3 Å². The number of benzene rings is 1. The van der Waals surface area contributed by atoms with Gasteiger partial charge in [0.1, 0.15) is 0 Å². The van der Waals surface area contributed by atoms with Gasteiger partial charge in [0.2, 0.25) is 5.91 Å². The third kappa shape index (κ3) is 5.20. The van der Waals surface area contributed by atoms with E-state index in [1.807, 2.05) is 25.1 Å². The topological polar surface area (TPSA) is 49.6 Å². The number of amides is 1. The first-order valence-electron chi connectivity index (χ1n) is 8.37. The highest BCUT2D eigenvalue weighted by Crippen LogP contribution is 2.24. The van der Waals surface area contributed by atoms with Gasteiger partial charge >= 0.3 is 0 Å². The molecule has 0 bridgehead atoms. The molecule has 0 spiro atoms. The summed E-state index contributed by atoms with van der Waals surface area (Å²) in [6.07, 6.45) is 0. The molecule has 0 aliphatic carbocycles. The third-order valence-electron chi connectivity index (χ3n) is 4.47. The van der Waals surface area contributed by atoms with Gasteiger partial charge in [-0.1, -0.05) is 37.6 Å². The van der Waals surface area contributed by atoms with E-state index >= 15 is 0 Å². The second-order valence-electron chi connectivity index (χ2n) is 6.96. The van der Waals surface area contributed by atoms with Crippen LogP contribution in [0.3, 0.4) is 0 Å². The van der Waals surface area contributed by atoms with Crippen LogP contribution in [0.4, 0.5) is 0 Å². The van der Waals surface area contributed by atoms with Crippen LogP contribution < -0.4 is 5.73 Å². The van der Waals surface area contributed by atoms with Crippen LogP contribution in [0.2, 0.25) is 5.02 Å². The third-order valence-corrected chi connectivity index (χ3v) is 4.88. The fourth-order valence-electron chi connectivity index (χ4n) is 3.11. The number of halogens is 1. The van der Waals surface area contributed by atoms with Crippen molar-refractivity contribution in [2.45, 2.75) is 26.7 Å². The predicted molar refractivity (Wildman–Crippen MR) is 95.8 cm³/mol. The summed E-state index contributed by atoms with van der Waals surface area (Å²) in [5.41, 5.74) is 7.58. The second-order valence-corrected chi connectivity index (χ2v) is 7.37. The summed E-state index contributed by atoms with van der Waals surface area (Å²) < 4.78 is 0. The molecule has 1 fully saturated rings. The maximum atomic E-state index is 11.9. The summed E-state index contributed by atoms with van der Waals surface area (Å²) in [6.45, 7) is 12.3. The molecule has 1 aliphatic heterocycles. The Morgan fingerprint density at radius 3 is 2.22 bits per heavy atom. The number of nitrogens with two attached hydrogens (primary N) is 1. The number of carbonyl (C=O) groups excluding carboxylic acids is 1. The molecular weight excluding hydrogens is 310 g/mol. The molecule has 1 heterocycles. The monoisotopic (exact) mass is 337 g/mol. The van der Waals surface area contributed by atoms with Crippen molar-refractivity contribution >= 4 is 17.5 Å². The SMILES string of the molecule is Cc1ccc([C@H](CN2CCN(CC(C)C)CC2)C(N)=O)cc1Cl. The lowest BCUT2D eigenvalue weighted by atomic mass is 9.96. The van der Waals surface area contributed by atoms with Crippen LogP contribution in [0.1, 0.15) is 30.9 Å². The quantitative estimate of drug-likeness (QED) is 0.867. The zero-order valence-corrected chi connectivity index (χ0v) is 15.1. The summed E-state index contributed by atoms with van der Waals surface area (Å²) in [5.74, 6) is 0.105. The van der Waals surface area contributed by atoms with Crippen LogP contribution in [0.15, 0.2) is 18.2 Å². The molecule has 2 rings (SSSR count). The van der Waals surface area contributed by atoms with Gasteiger partial charge in [0.05, 0.1) is 5.92 Å². The molecule has 0 aromatic heterocycles. The van der Waals surface area contributed by atoms with E-state index in [1.165, 1.54) is 0 Å². The zero-order chi connectivity index (χ0) is 17.0.